The summed E-state index contributed by atoms with van der Waals surface area (Å²) in [6.45, 7) is 6.04. The number of hydrogen-bond donors (Lipinski definition) is 0. The molecular weight excluding hydrogens is 374 g/mol. The zero-order valence-corrected chi connectivity index (χ0v) is 17.3. The zero-order chi connectivity index (χ0) is 18.6. The maximum Gasteiger partial charge on any atom is 0.237 e. The van der Waals surface area contributed by atoms with E-state index in [0.717, 1.165) is 44.5 Å². The van der Waals surface area contributed by atoms with Crippen molar-refractivity contribution in [3.63, 3.8) is 0 Å². The minimum atomic E-state index is 0.240. The fourth-order valence-corrected chi connectivity index (χ4v) is 5.52. The highest BCUT2D eigenvalue weighted by Crippen LogP contribution is 2.33. The van der Waals surface area contributed by atoms with Gasteiger partial charge in [0.15, 0.2) is 0 Å². The van der Waals surface area contributed by atoms with Crippen molar-refractivity contribution in [2.45, 2.75) is 32.2 Å². The topological polar surface area (TPSA) is 36.4 Å². The number of piperidine rings is 1. The van der Waals surface area contributed by atoms with Crippen molar-refractivity contribution in [2.75, 3.05) is 26.2 Å². The molecule has 4 nitrogen and oxygen atoms in total. The van der Waals surface area contributed by atoms with Gasteiger partial charge in [-0.1, -0.05) is 18.2 Å². The fraction of sp³-hybridized carbons (Fsp3) is 0.429. The Morgan fingerprint density at radius 3 is 2.74 bits per heavy atom. The molecule has 6 heteroatoms. The molecule has 1 aliphatic rings. The molecule has 3 aromatic rings. The molecule has 3 heterocycles. The Hall–Kier alpha value is -1.76. The third kappa shape index (κ3) is 4.39. The van der Waals surface area contributed by atoms with Crippen LogP contribution >= 0.6 is 22.7 Å². The lowest BCUT2D eigenvalue weighted by atomic mass is 9.97. The van der Waals surface area contributed by atoms with Crippen LogP contribution in [0.1, 0.15) is 35.6 Å². The molecule has 0 saturated carbocycles. The van der Waals surface area contributed by atoms with E-state index in [1.165, 1.54) is 14.6 Å². The van der Waals surface area contributed by atoms with Gasteiger partial charge in [-0.15, -0.1) is 22.7 Å². The first-order valence-electron chi connectivity index (χ1n) is 9.61. The number of aromatic nitrogens is 1. The second-order valence-electron chi connectivity index (χ2n) is 7.06. The van der Waals surface area contributed by atoms with Crippen LogP contribution in [0.2, 0.25) is 0 Å². The number of benzene rings is 1. The molecule has 0 aliphatic carbocycles. The standard InChI is InChI=1S/C21H25N3OS2/c1-2-24(14-17-6-5-13-26-17)20(25)15-23-11-9-16(10-12-23)21-22-18-7-3-4-8-19(18)27-21/h3-8,13,16H,2,9-12,14-15H2,1H3. The van der Waals surface area contributed by atoms with Crippen molar-refractivity contribution >= 4 is 38.8 Å². The number of likely N-dealkylation sites (N-methyl/N-ethyl adjacent to an activating group) is 1. The lowest BCUT2D eigenvalue weighted by Crippen LogP contribution is -2.42. The van der Waals surface area contributed by atoms with Gasteiger partial charge in [0, 0.05) is 17.3 Å². The number of thiazole rings is 1. The summed E-state index contributed by atoms with van der Waals surface area (Å²) in [6.07, 6.45) is 2.17. The van der Waals surface area contributed by atoms with Crippen molar-refractivity contribution in [2.24, 2.45) is 0 Å². The Kier molecular flexibility index (Phi) is 5.86. The van der Waals surface area contributed by atoms with Crippen LogP contribution in [0.5, 0.6) is 0 Å². The van der Waals surface area contributed by atoms with Crippen molar-refractivity contribution in [3.8, 4) is 0 Å². The first kappa shape index (κ1) is 18.6. The second kappa shape index (κ2) is 8.50. The molecular formula is C21H25N3OS2. The molecule has 27 heavy (non-hydrogen) atoms. The number of thiophene rings is 1. The predicted molar refractivity (Wildman–Crippen MR) is 113 cm³/mol. The molecule has 0 bridgehead atoms. The third-order valence-corrected chi connectivity index (χ3v) is 7.33. The number of para-hydroxylation sites is 1. The van der Waals surface area contributed by atoms with E-state index in [-0.39, 0.29) is 5.91 Å². The summed E-state index contributed by atoms with van der Waals surface area (Å²) in [7, 11) is 0. The first-order valence-corrected chi connectivity index (χ1v) is 11.3. The number of rotatable bonds is 6. The molecule has 1 saturated heterocycles. The number of hydrogen-bond acceptors (Lipinski definition) is 5. The lowest BCUT2D eigenvalue weighted by molar-refractivity contribution is -0.133. The van der Waals surface area contributed by atoms with Gasteiger partial charge in [0.1, 0.15) is 0 Å². The van der Waals surface area contributed by atoms with Gasteiger partial charge < -0.3 is 4.90 Å². The number of nitrogens with zero attached hydrogens (tertiary/aromatic N) is 3. The summed E-state index contributed by atoms with van der Waals surface area (Å²) in [5.74, 6) is 0.770. The Bertz CT molecular complexity index is 849. The number of amides is 1. The van der Waals surface area contributed by atoms with E-state index < -0.39 is 0 Å². The summed E-state index contributed by atoms with van der Waals surface area (Å²) < 4.78 is 1.28. The van der Waals surface area contributed by atoms with E-state index in [1.54, 1.807) is 11.3 Å². The average molecular weight is 400 g/mol. The van der Waals surface area contributed by atoms with E-state index in [1.807, 2.05) is 22.3 Å². The summed E-state index contributed by atoms with van der Waals surface area (Å²) in [6, 6.07) is 12.5. The SMILES string of the molecule is CCN(Cc1cccs1)C(=O)CN1CCC(c2nc3ccccc3s2)CC1. The van der Waals surface area contributed by atoms with Crippen LogP contribution in [0.3, 0.4) is 0 Å². The highest BCUT2D eigenvalue weighted by Gasteiger charge is 2.25. The molecule has 0 N–H and O–H groups in total. The molecule has 1 amide bonds. The third-order valence-electron chi connectivity index (χ3n) is 5.27. The van der Waals surface area contributed by atoms with Crippen LogP contribution in [0, 0.1) is 0 Å². The number of likely N-dealkylation sites (tertiary alicyclic amines) is 1. The van der Waals surface area contributed by atoms with Gasteiger partial charge in [0.05, 0.1) is 28.3 Å². The van der Waals surface area contributed by atoms with Crippen LogP contribution in [0.25, 0.3) is 10.2 Å². The lowest BCUT2D eigenvalue weighted by Gasteiger charge is -2.32. The quantitative estimate of drug-likeness (QED) is 0.608. The van der Waals surface area contributed by atoms with E-state index >= 15 is 0 Å². The number of carbonyl (C=O) groups is 1. The van der Waals surface area contributed by atoms with E-state index in [4.69, 9.17) is 4.98 Å². The highest BCUT2D eigenvalue weighted by molar-refractivity contribution is 7.18. The second-order valence-corrected chi connectivity index (χ2v) is 9.15. The van der Waals surface area contributed by atoms with Crippen molar-refractivity contribution in [1.29, 1.82) is 0 Å². The van der Waals surface area contributed by atoms with Crippen molar-refractivity contribution in [3.05, 3.63) is 51.7 Å². The van der Waals surface area contributed by atoms with E-state index in [2.05, 4.69) is 47.5 Å². The monoisotopic (exact) mass is 399 g/mol. The molecule has 0 radical (unpaired) electrons. The van der Waals surface area contributed by atoms with Crippen LogP contribution in [-0.4, -0.2) is 46.9 Å². The average Bonchev–Trinajstić information content (AvgIpc) is 3.36. The van der Waals surface area contributed by atoms with Crippen LogP contribution < -0.4 is 0 Å². The molecule has 2 aromatic heterocycles. The van der Waals surface area contributed by atoms with E-state index in [0.29, 0.717) is 12.5 Å². The first-order chi connectivity index (χ1) is 13.2. The van der Waals surface area contributed by atoms with Gasteiger partial charge in [-0.2, -0.15) is 0 Å². The summed E-state index contributed by atoms with van der Waals surface area (Å²) in [5, 5.41) is 3.33. The minimum absolute atomic E-state index is 0.240. The minimum Gasteiger partial charge on any atom is -0.337 e. The largest absolute Gasteiger partial charge is 0.337 e. The Balaban J connectivity index is 1.31. The Labute approximate surface area is 168 Å². The molecule has 0 atom stereocenters. The van der Waals surface area contributed by atoms with Crippen LogP contribution in [0.15, 0.2) is 41.8 Å². The van der Waals surface area contributed by atoms with Gasteiger partial charge >= 0.3 is 0 Å². The summed E-state index contributed by atoms with van der Waals surface area (Å²) >= 11 is 3.54. The number of fused-ring (bicyclic) bond motifs is 1. The van der Waals surface area contributed by atoms with Gasteiger partial charge in [0.25, 0.3) is 0 Å². The maximum atomic E-state index is 12.7. The fourth-order valence-electron chi connectivity index (χ4n) is 3.66. The predicted octanol–water partition coefficient (Wildman–Crippen LogP) is 4.59. The Morgan fingerprint density at radius 2 is 2.04 bits per heavy atom. The van der Waals surface area contributed by atoms with Crippen molar-refractivity contribution in [1.82, 2.24) is 14.8 Å². The maximum absolute atomic E-state index is 12.7. The molecule has 1 fully saturated rings. The smallest absolute Gasteiger partial charge is 0.237 e. The molecule has 4 rings (SSSR count). The highest BCUT2D eigenvalue weighted by atomic mass is 32.1. The van der Waals surface area contributed by atoms with Crippen molar-refractivity contribution < 1.29 is 4.79 Å². The molecule has 1 aromatic carbocycles. The summed E-state index contributed by atoms with van der Waals surface area (Å²) in [5.41, 5.74) is 1.11. The Morgan fingerprint density at radius 1 is 1.22 bits per heavy atom. The van der Waals surface area contributed by atoms with Gasteiger partial charge in [-0.05, 0) is 56.4 Å². The molecule has 0 spiro atoms. The normalized spacial score (nSPS) is 16.0. The van der Waals surface area contributed by atoms with Crippen LogP contribution in [-0.2, 0) is 11.3 Å². The van der Waals surface area contributed by atoms with E-state index in [9.17, 15) is 4.79 Å². The molecule has 142 valence electrons. The van der Waals surface area contributed by atoms with Crippen LogP contribution in [0.4, 0.5) is 0 Å². The summed E-state index contributed by atoms with van der Waals surface area (Å²) in [4.78, 5) is 23.1. The van der Waals surface area contributed by atoms with Gasteiger partial charge in [-0.3, -0.25) is 9.69 Å². The van der Waals surface area contributed by atoms with Gasteiger partial charge in [0.2, 0.25) is 5.91 Å². The number of carbonyl (C=O) groups excluding carboxylic acids is 1. The zero-order valence-electron chi connectivity index (χ0n) is 15.6. The van der Waals surface area contributed by atoms with Gasteiger partial charge in [-0.25, -0.2) is 4.98 Å². The molecule has 0 unspecified atom stereocenters. The molecule has 1 aliphatic heterocycles.